The Morgan fingerprint density at radius 2 is 2.11 bits per heavy atom. The second-order valence-electron chi connectivity index (χ2n) is 5.96. The van der Waals surface area contributed by atoms with Gasteiger partial charge in [0.25, 0.3) is 0 Å². The highest BCUT2D eigenvalue weighted by molar-refractivity contribution is 5.81. The second kappa shape index (κ2) is 4.20. The number of aromatic nitrogens is 2. The van der Waals surface area contributed by atoms with Crippen LogP contribution in [-0.2, 0) is 6.61 Å². The van der Waals surface area contributed by atoms with Crippen molar-refractivity contribution in [3.63, 3.8) is 0 Å². The summed E-state index contributed by atoms with van der Waals surface area (Å²) in [5, 5.41) is 9.61. The van der Waals surface area contributed by atoms with Gasteiger partial charge in [-0.1, -0.05) is 39.0 Å². The number of hydrogen-bond acceptors (Lipinski definition) is 2. The third kappa shape index (κ3) is 1.72. The Labute approximate surface area is 113 Å². The molecule has 2 aromatic rings. The van der Waals surface area contributed by atoms with Gasteiger partial charge in [-0.25, -0.2) is 4.98 Å². The van der Waals surface area contributed by atoms with Gasteiger partial charge < -0.3 is 5.11 Å². The van der Waals surface area contributed by atoms with Crippen LogP contribution in [0.4, 0.5) is 0 Å². The molecule has 100 valence electrons. The molecule has 0 spiro atoms. The van der Waals surface area contributed by atoms with Crippen LogP contribution in [0.2, 0.25) is 0 Å². The lowest BCUT2D eigenvalue weighted by molar-refractivity contribution is 0.267. The van der Waals surface area contributed by atoms with Crippen LogP contribution in [0.15, 0.2) is 30.3 Å². The van der Waals surface area contributed by atoms with E-state index in [-0.39, 0.29) is 12.0 Å². The number of aliphatic hydroxyl groups excluding tert-OH is 1. The monoisotopic (exact) mass is 256 g/mol. The van der Waals surface area contributed by atoms with Crippen LogP contribution in [0.25, 0.3) is 16.7 Å². The smallest absolute Gasteiger partial charge is 0.140 e. The minimum absolute atomic E-state index is 0.0313. The van der Waals surface area contributed by atoms with Crippen LogP contribution >= 0.6 is 0 Å². The number of allylic oxidation sites excluding steroid dienone is 2. The Balaban J connectivity index is 2.25. The van der Waals surface area contributed by atoms with E-state index >= 15 is 0 Å². The largest absolute Gasteiger partial charge is 0.388 e. The molecule has 1 aromatic carbocycles. The van der Waals surface area contributed by atoms with Crippen molar-refractivity contribution in [3.05, 3.63) is 36.2 Å². The molecule has 0 amide bonds. The minimum Gasteiger partial charge on any atom is -0.388 e. The molecule has 0 radical (unpaired) electrons. The molecular formula is C16H20N2O. The van der Waals surface area contributed by atoms with Gasteiger partial charge in [-0.05, 0) is 24.5 Å². The van der Waals surface area contributed by atoms with Crippen molar-refractivity contribution in [2.45, 2.75) is 33.8 Å². The Hall–Kier alpha value is -1.61. The SMILES string of the molecule is CC1CC=C(n2c(CO)nc3ccccc32)C1(C)C. The number of para-hydroxylation sites is 2. The fourth-order valence-corrected chi connectivity index (χ4v) is 2.93. The molecule has 3 nitrogen and oxygen atoms in total. The zero-order chi connectivity index (χ0) is 13.6. The van der Waals surface area contributed by atoms with Crippen LogP contribution in [0, 0.1) is 11.3 Å². The second-order valence-corrected chi connectivity index (χ2v) is 5.96. The van der Waals surface area contributed by atoms with Gasteiger partial charge in [-0.2, -0.15) is 0 Å². The molecule has 0 saturated carbocycles. The summed E-state index contributed by atoms with van der Waals surface area (Å²) in [4.78, 5) is 4.54. The van der Waals surface area contributed by atoms with Gasteiger partial charge in [0.1, 0.15) is 12.4 Å². The highest BCUT2D eigenvalue weighted by Crippen LogP contribution is 2.46. The number of hydrogen-bond donors (Lipinski definition) is 1. The quantitative estimate of drug-likeness (QED) is 0.894. The summed E-state index contributed by atoms with van der Waals surface area (Å²) in [6, 6.07) is 8.07. The maximum Gasteiger partial charge on any atom is 0.140 e. The van der Waals surface area contributed by atoms with Gasteiger partial charge in [0.2, 0.25) is 0 Å². The summed E-state index contributed by atoms with van der Waals surface area (Å²) < 4.78 is 2.14. The molecule has 1 atom stereocenters. The Kier molecular flexibility index (Phi) is 2.75. The fraction of sp³-hybridized carbons (Fsp3) is 0.438. The van der Waals surface area contributed by atoms with Crippen molar-refractivity contribution in [2.75, 3.05) is 0 Å². The average molecular weight is 256 g/mol. The van der Waals surface area contributed by atoms with E-state index in [1.165, 1.54) is 5.70 Å². The molecule has 19 heavy (non-hydrogen) atoms. The average Bonchev–Trinajstić information content (AvgIpc) is 2.88. The number of rotatable bonds is 2. The first kappa shape index (κ1) is 12.4. The molecule has 1 unspecified atom stereocenters. The first-order valence-electron chi connectivity index (χ1n) is 6.84. The maximum absolute atomic E-state index is 9.61. The van der Waals surface area contributed by atoms with E-state index < -0.39 is 0 Å². The highest BCUT2D eigenvalue weighted by atomic mass is 16.3. The number of aliphatic hydroxyl groups is 1. The lowest BCUT2D eigenvalue weighted by atomic mass is 9.81. The lowest BCUT2D eigenvalue weighted by Crippen LogP contribution is -2.22. The molecule has 1 aliphatic rings. The standard InChI is InChI=1S/C16H20N2O/c1-11-8-9-14(16(11,2)3)18-13-7-5-4-6-12(13)17-15(18)10-19/h4-7,9,11,19H,8,10H2,1-3H3. The van der Waals surface area contributed by atoms with Crippen LogP contribution in [-0.4, -0.2) is 14.7 Å². The molecule has 1 aromatic heterocycles. The number of fused-ring (bicyclic) bond motifs is 1. The van der Waals surface area contributed by atoms with E-state index in [2.05, 4.69) is 42.5 Å². The third-order valence-corrected chi connectivity index (χ3v) is 4.57. The zero-order valence-electron chi connectivity index (χ0n) is 11.7. The zero-order valence-corrected chi connectivity index (χ0v) is 11.7. The van der Waals surface area contributed by atoms with Crippen molar-refractivity contribution in [3.8, 4) is 0 Å². The molecule has 0 bridgehead atoms. The van der Waals surface area contributed by atoms with E-state index in [9.17, 15) is 5.11 Å². The molecule has 3 heteroatoms. The van der Waals surface area contributed by atoms with Crippen LogP contribution in [0.5, 0.6) is 0 Å². The predicted octanol–water partition coefficient (Wildman–Crippen LogP) is 3.44. The van der Waals surface area contributed by atoms with E-state index in [0.717, 1.165) is 23.3 Å². The Morgan fingerprint density at radius 1 is 1.37 bits per heavy atom. The van der Waals surface area contributed by atoms with Crippen molar-refractivity contribution in [1.29, 1.82) is 0 Å². The molecule has 1 N–H and O–H groups in total. The van der Waals surface area contributed by atoms with Crippen LogP contribution < -0.4 is 0 Å². The fourth-order valence-electron chi connectivity index (χ4n) is 2.93. The van der Waals surface area contributed by atoms with E-state index in [4.69, 9.17) is 0 Å². The van der Waals surface area contributed by atoms with Crippen molar-refractivity contribution in [2.24, 2.45) is 11.3 Å². The number of benzene rings is 1. The maximum atomic E-state index is 9.61. The summed E-state index contributed by atoms with van der Waals surface area (Å²) in [6.07, 6.45) is 3.37. The Bertz CT molecular complexity index is 652. The molecule has 0 saturated heterocycles. The van der Waals surface area contributed by atoms with E-state index in [0.29, 0.717) is 5.92 Å². The van der Waals surface area contributed by atoms with E-state index in [1.54, 1.807) is 0 Å². The van der Waals surface area contributed by atoms with E-state index in [1.807, 2.05) is 18.2 Å². The van der Waals surface area contributed by atoms with Gasteiger partial charge in [0.15, 0.2) is 0 Å². The summed E-state index contributed by atoms with van der Waals surface area (Å²) in [5.74, 6) is 1.34. The van der Waals surface area contributed by atoms with Gasteiger partial charge >= 0.3 is 0 Å². The van der Waals surface area contributed by atoms with Crippen LogP contribution in [0.1, 0.15) is 33.0 Å². The van der Waals surface area contributed by atoms with Crippen molar-refractivity contribution >= 4 is 16.7 Å². The summed E-state index contributed by atoms with van der Waals surface area (Å²) in [7, 11) is 0. The summed E-state index contributed by atoms with van der Waals surface area (Å²) in [6.45, 7) is 6.79. The van der Waals surface area contributed by atoms with Crippen LogP contribution in [0.3, 0.4) is 0 Å². The topological polar surface area (TPSA) is 38.0 Å². The molecule has 0 fully saturated rings. The van der Waals surface area contributed by atoms with Crippen molar-refractivity contribution < 1.29 is 5.11 Å². The van der Waals surface area contributed by atoms with Crippen molar-refractivity contribution in [1.82, 2.24) is 9.55 Å². The van der Waals surface area contributed by atoms with Gasteiger partial charge in [0, 0.05) is 11.1 Å². The number of nitrogens with zero attached hydrogens (tertiary/aromatic N) is 2. The number of imidazole rings is 1. The molecule has 0 aliphatic heterocycles. The normalized spacial score (nSPS) is 21.9. The highest BCUT2D eigenvalue weighted by Gasteiger charge is 2.36. The molecule has 1 heterocycles. The molecule has 1 aliphatic carbocycles. The van der Waals surface area contributed by atoms with Gasteiger partial charge in [-0.15, -0.1) is 0 Å². The predicted molar refractivity (Wildman–Crippen MR) is 77.5 cm³/mol. The Morgan fingerprint density at radius 3 is 2.74 bits per heavy atom. The minimum atomic E-state index is -0.0313. The summed E-state index contributed by atoms with van der Waals surface area (Å²) >= 11 is 0. The van der Waals surface area contributed by atoms with Gasteiger partial charge in [0.05, 0.1) is 11.0 Å². The summed E-state index contributed by atoms with van der Waals surface area (Å²) in [5.41, 5.74) is 3.40. The first-order valence-corrected chi connectivity index (χ1v) is 6.84. The third-order valence-electron chi connectivity index (χ3n) is 4.57. The van der Waals surface area contributed by atoms with Gasteiger partial charge in [-0.3, -0.25) is 4.57 Å². The lowest BCUT2D eigenvalue weighted by Gasteiger charge is -2.29. The molecular weight excluding hydrogens is 236 g/mol. The first-order chi connectivity index (χ1) is 9.05. The molecule has 3 rings (SSSR count).